The molecule has 0 amide bonds. The second-order valence-corrected chi connectivity index (χ2v) is 5.24. The highest BCUT2D eigenvalue weighted by atomic mass is 16.5. The Balaban J connectivity index is 1.98. The van der Waals surface area contributed by atoms with E-state index in [9.17, 15) is 0 Å². The molecule has 4 nitrogen and oxygen atoms in total. The Morgan fingerprint density at radius 3 is 2.52 bits per heavy atom. The molecular formula is C19H15N3O. The van der Waals surface area contributed by atoms with Gasteiger partial charge < -0.3 is 10.1 Å². The summed E-state index contributed by atoms with van der Waals surface area (Å²) in [6, 6.07) is 20.2. The minimum atomic E-state index is 0.549. The molecule has 1 aliphatic heterocycles. The van der Waals surface area contributed by atoms with Crippen molar-refractivity contribution in [1.29, 1.82) is 0 Å². The first-order chi connectivity index (χ1) is 11.3. The molecule has 0 saturated carbocycles. The van der Waals surface area contributed by atoms with Crippen molar-refractivity contribution in [3.63, 3.8) is 0 Å². The second-order valence-electron chi connectivity index (χ2n) is 5.24. The number of methoxy groups -OCH3 is 1. The first kappa shape index (κ1) is 13.5. The first-order valence-corrected chi connectivity index (χ1v) is 7.40. The van der Waals surface area contributed by atoms with Crippen LogP contribution in [0.3, 0.4) is 0 Å². The molecule has 0 atom stereocenters. The van der Waals surface area contributed by atoms with Crippen LogP contribution in [0.4, 0.5) is 17.1 Å². The van der Waals surface area contributed by atoms with Crippen LogP contribution in [0.5, 0.6) is 5.88 Å². The summed E-state index contributed by atoms with van der Waals surface area (Å²) >= 11 is 0. The van der Waals surface area contributed by atoms with Gasteiger partial charge in [0, 0.05) is 22.9 Å². The molecule has 112 valence electrons. The van der Waals surface area contributed by atoms with Crippen molar-refractivity contribution in [2.75, 3.05) is 12.4 Å². The lowest BCUT2D eigenvalue weighted by atomic mass is 10.0. The zero-order valence-electron chi connectivity index (χ0n) is 12.7. The van der Waals surface area contributed by atoms with Crippen LogP contribution >= 0.6 is 0 Å². The molecule has 0 radical (unpaired) electrons. The van der Waals surface area contributed by atoms with Gasteiger partial charge in [-0.05, 0) is 6.07 Å². The SMILES string of the molecule is COc1cc2c(cn1)Nc1ccccc1C(c1ccccc1)=N2. The van der Waals surface area contributed by atoms with E-state index < -0.39 is 0 Å². The van der Waals surface area contributed by atoms with Crippen LogP contribution in [0.25, 0.3) is 0 Å². The van der Waals surface area contributed by atoms with E-state index in [2.05, 4.69) is 28.5 Å². The highest BCUT2D eigenvalue weighted by molar-refractivity contribution is 6.18. The Morgan fingerprint density at radius 2 is 1.70 bits per heavy atom. The van der Waals surface area contributed by atoms with Gasteiger partial charge >= 0.3 is 0 Å². The van der Waals surface area contributed by atoms with Gasteiger partial charge in [0.05, 0.1) is 30.4 Å². The van der Waals surface area contributed by atoms with E-state index in [0.29, 0.717) is 5.88 Å². The molecule has 4 rings (SSSR count). The van der Waals surface area contributed by atoms with E-state index in [-0.39, 0.29) is 0 Å². The Kier molecular flexibility index (Phi) is 3.27. The van der Waals surface area contributed by atoms with Crippen molar-refractivity contribution in [3.05, 3.63) is 78.0 Å². The number of hydrogen-bond acceptors (Lipinski definition) is 4. The largest absolute Gasteiger partial charge is 0.481 e. The first-order valence-electron chi connectivity index (χ1n) is 7.40. The molecule has 0 unspecified atom stereocenters. The zero-order chi connectivity index (χ0) is 15.6. The van der Waals surface area contributed by atoms with Gasteiger partial charge in [0.2, 0.25) is 5.88 Å². The maximum absolute atomic E-state index is 5.23. The predicted molar refractivity (Wildman–Crippen MR) is 92.3 cm³/mol. The van der Waals surface area contributed by atoms with Gasteiger partial charge in [0.25, 0.3) is 0 Å². The summed E-state index contributed by atoms with van der Waals surface area (Å²) in [5.74, 6) is 0.549. The number of aliphatic imine (C=N–C) groups is 1. The Bertz CT molecular complexity index is 888. The summed E-state index contributed by atoms with van der Waals surface area (Å²) in [5.41, 5.74) is 5.76. The van der Waals surface area contributed by atoms with Crippen LogP contribution < -0.4 is 10.1 Å². The molecule has 3 aromatic rings. The minimum Gasteiger partial charge on any atom is -0.481 e. The maximum atomic E-state index is 5.23. The molecule has 2 aromatic carbocycles. The van der Waals surface area contributed by atoms with Gasteiger partial charge in [0.1, 0.15) is 0 Å². The van der Waals surface area contributed by atoms with Gasteiger partial charge in [-0.25, -0.2) is 9.98 Å². The van der Waals surface area contributed by atoms with Crippen molar-refractivity contribution in [3.8, 4) is 5.88 Å². The predicted octanol–water partition coefficient (Wildman–Crippen LogP) is 4.32. The number of ether oxygens (including phenoxy) is 1. The molecule has 1 aliphatic rings. The molecule has 0 fully saturated rings. The number of aromatic nitrogens is 1. The van der Waals surface area contributed by atoms with E-state index in [4.69, 9.17) is 9.73 Å². The molecular weight excluding hydrogens is 286 g/mol. The number of nitrogens with zero attached hydrogens (tertiary/aromatic N) is 2. The lowest BCUT2D eigenvalue weighted by Gasteiger charge is -2.10. The lowest BCUT2D eigenvalue weighted by molar-refractivity contribution is 0.398. The van der Waals surface area contributed by atoms with E-state index in [1.807, 2.05) is 42.5 Å². The van der Waals surface area contributed by atoms with Crippen molar-refractivity contribution >= 4 is 22.8 Å². The molecule has 4 heteroatoms. The summed E-state index contributed by atoms with van der Waals surface area (Å²) < 4.78 is 5.23. The number of hydrogen-bond donors (Lipinski definition) is 1. The summed E-state index contributed by atoms with van der Waals surface area (Å²) in [6.07, 6.45) is 1.75. The minimum absolute atomic E-state index is 0.549. The van der Waals surface area contributed by atoms with Crippen LogP contribution in [-0.2, 0) is 0 Å². The van der Waals surface area contributed by atoms with E-state index in [1.54, 1.807) is 13.3 Å². The van der Waals surface area contributed by atoms with E-state index in [0.717, 1.165) is 33.9 Å². The molecule has 1 aromatic heterocycles. The Hall–Kier alpha value is -3.14. The second kappa shape index (κ2) is 5.57. The third-order valence-electron chi connectivity index (χ3n) is 3.80. The average Bonchev–Trinajstić information content (AvgIpc) is 2.78. The molecule has 0 aliphatic carbocycles. The number of pyridine rings is 1. The monoisotopic (exact) mass is 301 g/mol. The van der Waals surface area contributed by atoms with Crippen molar-refractivity contribution < 1.29 is 4.74 Å². The standard InChI is InChI=1S/C19H15N3O/c1-23-18-11-16-17(12-20-18)21-15-10-6-5-9-14(15)19(22-16)13-7-3-2-4-8-13/h2-12,21H,1H3. The van der Waals surface area contributed by atoms with Crippen molar-refractivity contribution in [2.45, 2.75) is 0 Å². The fraction of sp³-hybridized carbons (Fsp3) is 0.0526. The zero-order valence-corrected chi connectivity index (χ0v) is 12.7. The summed E-state index contributed by atoms with van der Waals surface area (Å²) in [6.45, 7) is 0. The van der Waals surface area contributed by atoms with Crippen LogP contribution in [0.2, 0.25) is 0 Å². The van der Waals surface area contributed by atoms with E-state index >= 15 is 0 Å². The van der Waals surface area contributed by atoms with Gasteiger partial charge in [-0.15, -0.1) is 0 Å². The quantitative estimate of drug-likeness (QED) is 0.600. The fourth-order valence-electron chi connectivity index (χ4n) is 2.67. The number of benzene rings is 2. The number of para-hydroxylation sites is 1. The van der Waals surface area contributed by atoms with Gasteiger partial charge in [-0.3, -0.25) is 0 Å². The molecule has 0 spiro atoms. The summed E-state index contributed by atoms with van der Waals surface area (Å²) in [5, 5.41) is 3.42. The van der Waals surface area contributed by atoms with Crippen molar-refractivity contribution in [2.24, 2.45) is 4.99 Å². The smallest absolute Gasteiger partial charge is 0.215 e. The number of anilines is 2. The third-order valence-corrected chi connectivity index (χ3v) is 3.80. The normalized spacial score (nSPS) is 12.3. The Morgan fingerprint density at radius 1 is 0.913 bits per heavy atom. The van der Waals surface area contributed by atoms with Crippen LogP contribution in [0, 0.1) is 0 Å². The molecule has 2 heterocycles. The third kappa shape index (κ3) is 2.44. The number of nitrogens with one attached hydrogen (secondary N) is 1. The molecule has 23 heavy (non-hydrogen) atoms. The molecule has 1 N–H and O–H groups in total. The highest BCUT2D eigenvalue weighted by Gasteiger charge is 2.18. The molecule has 0 saturated heterocycles. The lowest BCUT2D eigenvalue weighted by Crippen LogP contribution is -2.04. The average molecular weight is 301 g/mol. The van der Waals surface area contributed by atoms with Gasteiger partial charge in [0.15, 0.2) is 0 Å². The summed E-state index contributed by atoms with van der Waals surface area (Å²) in [4.78, 5) is 9.16. The van der Waals surface area contributed by atoms with Gasteiger partial charge in [-0.2, -0.15) is 0 Å². The number of fused-ring (bicyclic) bond motifs is 2. The van der Waals surface area contributed by atoms with Gasteiger partial charge in [-0.1, -0.05) is 48.5 Å². The summed E-state index contributed by atoms with van der Waals surface area (Å²) in [7, 11) is 1.61. The Labute approximate surface area is 134 Å². The van der Waals surface area contributed by atoms with Crippen LogP contribution in [-0.4, -0.2) is 17.8 Å². The number of rotatable bonds is 2. The van der Waals surface area contributed by atoms with Crippen LogP contribution in [0.15, 0.2) is 71.9 Å². The molecule has 0 bridgehead atoms. The topological polar surface area (TPSA) is 46.5 Å². The van der Waals surface area contributed by atoms with Crippen LogP contribution in [0.1, 0.15) is 11.1 Å². The maximum Gasteiger partial charge on any atom is 0.215 e. The highest BCUT2D eigenvalue weighted by Crippen LogP contribution is 2.36. The van der Waals surface area contributed by atoms with E-state index in [1.165, 1.54) is 0 Å². The fourth-order valence-corrected chi connectivity index (χ4v) is 2.67. The van der Waals surface area contributed by atoms with Crippen molar-refractivity contribution in [1.82, 2.24) is 4.98 Å².